The maximum atomic E-state index is 13.0. The SMILES string of the molecule is COc1ccc2cc([C@H](C)C(=O)N3CCSCC3CC(=O)O)ccc2c1. The van der Waals surface area contributed by atoms with E-state index in [4.69, 9.17) is 9.84 Å². The van der Waals surface area contributed by atoms with Crippen molar-refractivity contribution in [2.24, 2.45) is 0 Å². The highest BCUT2D eigenvalue weighted by Gasteiger charge is 2.31. The van der Waals surface area contributed by atoms with Gasteiger partial charge in [-0.15, -0.1) is 0 Å². The molecule has 0 bridgehead atoms. The zero-order chi connectivity index (χ0) is 18.7. The predicted octanol–water partition coefficient (Wildman–Crippen LogP) is 3.37. The maximum absolute atomic E-state index is 13.0. The minimum Gasteiger partial charge on any atom is -0.497 e. The van der Waals surface area contributed by atoms with Crippen LogP contribution < -0.4 is 4.74 Å². The molecule has 1 N–H and O–H groups in total. The van der Waals surface area contributed by atoms with Crippen LogP contribution in [0.3, 0.4) is 0 Å². The number of aliphatic carboxylic acids is 1. The second-order valence-corrected chi connectivity index (χ2v) is 7.70. The first-order valence-electron chi connectivity index (χ1n) is 8.67. The Morgan fingerprint density at radius 3 is 2.73 bits per heavy atom. The van der Waals surface area contributed by atoms with Crippen molar-refractivity contribution in [3.63, 3.8) is 0 Å². The molecule has 1 aliphatic rings. The Bertz CT molecular complexity index is 823. The number of amides is 1. The molecule has 1 aliphatic heterocycles. The first-order valence-corrected chi connectivity index (χ1v) is 9.83. The summed E-state index contributed by atoms with van der Waals surface area (Å²) in [5, 5.41) is 11.2. The maximum Gasteiger partial charge on any atom is 0.305 e. The molecule has 138 valence electrons. The third kappa shape index (κ3) is 3.96. The lowest BCUT2D eigenvalue weighted by atomic mass is 9.95. The van der Waals surface area contributed by atoms with E-state index in [0.717, 1.165) is 27.8 Å². The van der Waals surface area contributed by atoms with E-state index in [-0.39, 0.29) is 24.3 Å². The van der Waals surface area contributed by atoms with Gasteiger partial charge < -0.3 is 14.7 Å². The van der Waals surface area contributed by atoms with E-state index in [1.807, 2.05) is 43.3 Å². The van der Waals surface area contributed by atoms with Crippen LogP contribution in [0.25, 0.3) is 10.8 Å². The van der Waals surface area contributed by atoms with E-state index < -0.39 is 5.97 Å². The van der Waals surface area contributed by atoms with Gasteiger partial charge in [-0.25, -0.2) is 0 Å². The molecule has 5 nitrogen and oxygen atoms in total. The zero-order valence-electron chi connectivity index (χ0n) is 15.0. The lowest BCUT2D eigenvalue weighted by Gasteiger charge is -2.36. The van der Waals surface area contributed by atoms with Crippen LogP contribution in [0.15, 0.2) is 36.4 Å². The van der Waals surface area contributed by atoms with Crippen molar-refractivity contribution in [2.45, 2.75) is 25.3 Å². The van der Waals surface area contributed by atoms with Gasteiger partial charge in [-0.2, -0.15) is 11.8 Å². The lowest BCUT2D eigenvalue weighted by Crippen LogP contribution is -2.48. The smallest absolute Gasteiger partial charge is 0.305 e. The number of thioether (sulfide) groups is 1. The lowest BCUT2D eigenvalue weighted by molar-refractivity contribution is -0.140. The van der Waals surface area contributed by atoms with Crippen LogP contribution in [0.4, 0.5) is 0 Å². The third-order valence-electron chi connectivity index (χ3n) is 4.86. The third-order valence-corrected chi connectivity index (χ3v) is 5.95. The first-order chi connectivity index (χ1) is 12.5. The zero-order valence-corrected chi connectivity index (χ0v) is 15.8. The van der Waals surface area contributed by atoms with Gasteiger partial charge in [0.15, 0.2) is 0 Å². The van der Waals surface area contributed by atoms with Crippen LogP contribution in [0, 0.1) is 0 Å². The van der Waals surface area contributed by atoms with Crippen LogP contribution in [-0.4, -0.2) is 53.1 Å². The summed E-state index contributed by atoms with van der Waals surface area (Å²) in [6, 6.07) is 11.6. The molecule has 2 atom stereocenters. The van der Waals surface area contributed by atoms with Crippen molar-refractivity contribution < 1.29 is 19.4 Å². The predicted molar refractivity (Wildman–Crippen MR) is 104 cm³/mol. The number of carboxylic acid groups (broad SMARTS) is 1. The van der Waals surface area contributed by atoms with Gasteiger partial charge in [0, 0.05) is 18.1 Å². The second-order valence-electron chi connectivity index (χ2n) is 6.55. The summed E-state index contributed by atoms with van der Waals surface area (Å²) in [6.07, 6.45) is 0.00295. The normalized spacial score (nSPS) is 18.5. The van der Waals surface area contributed by atoms with E-state index in [0.29, 0.717) is 12.3 Å². The van der Waals surface area contributed by atoms with Gasteiger partial charge in [0.25, 0.3) is 0 Å². The van der Waals surface area contributed by atoms with E-state index in [1.54, 1.807) is 23.8 Å². The quantitative estimate of drug-likeness (QED) is 0.870. The summed E-state index contributed by atoms with van der Waals surface area (Å²) in [5.41, 5.74) is 0.944. The summed E-state index contributed by atoms with van der Waals surface area (Å²) in [5.74, 6) is 1.18. The largest absolute Gasteiger partial charge is 0.497 e. The Kier molecular flexibility index (Phi) is 5.71. The van der Waals surface area contributed by atoms with Gasteiger partial charge in [0.2, 0.25) is 5.91 Å². The van der Waals surface area contributed by atoms with Gasteiger partial charge in [0.05, 0.1) is 25.5 Å². The summed E-state index contributed by atoms with van der Waals surface area (Å²) < 4.78 is 5.25. The summed E-state index contributed by atoms with van der Waals surface area (Å²) in [7, 11) is 1.64. The van der Waals surface area contributed by atoms with E-state index in [2.05, 4.69) is 0 Å². The number of hydrogen-bond acceptors (Lipinski definition) is 4. The summed E-state index contributed by atoms with van der Waals surface area (Å²) in [6.45, 7) is 2.50. The molecule has 0 saturated carbocycles. The Morgan fingerprint density at radius 1 is 1.27 bits per heavy atom. The number of carbonyl (C=O) groups is 2. The summed E-state index contributed by atoms with van der Waals surface area (Å²) >= 11 is 1.71. The topological polar surface area (TPSA) is 66.8 Å². The molecule has 3 rings (SSSR count). The Labute approximate surface area is 157 Å². The van der Waals surface area contributed by atoms with Crippen molar-refractivity contribution >= 4 is 34.4 Å². The fourth-order valence-electron chi connectivity index (χ4n) is 3.35. The molecule has 2 aromatic carbocycles. The van der Waals surface area contributed by atoms with Crippen LogP contribution in [0.2, 0.25) is 0 Å². The Morgan fingerprint density at radius 2 is 2.00 bits per heavy atom. The molecule has 0 spiro atoms. The van der Waals surface area contributed by atoms with Crippen LogP contribution >= 0.6 is 11.8 Å². The van der Waals surface area contributed by atoms with E-state index >= 15 is 0 Å². The number of benzene rings is 2. The summed E-state index contributed by atoms with van der Waals surface area (Å²) in [4.78, 5) is 25.9. The van der Waals surface area contributed by atoms with Crippen LogP contribution in [-0.2, 0) is 9.59 Å². The highest BCUT2D eigenvalue weighted by molar-refractivity contribution is 7.99. The number of hydrogen-bond donors (Lipinski definition) is 1. The van der Waals surface area contributed by atoms with Gasteiger partial charge >= 0.3 is 5.97 Å². The Balaban J connectivity index is 1.82. The van der Waals surface area contributed by atoms with Crippen molar-refractivity contribution in [3.8, 4) is 5.75 Å². The van der Waals surface area contributed by atoms with Crippen molar-refractivity contribution in [2.75, 3.05) is 25.2 Å². The van der Waals surface area contributed by atoms with Gasteiger partial charge in [-0.3, -0.25) is 9.59 Å². The van der Waals surface area contributed by atoms with Gasteiger partial charge in [-0.1, -0.05) is 24.3 Å². The van der Waals surface area contributed by atoms with E-state index in [9.17, 15) is 9.59 Å². The molecule has 2 aromatic rings. The monoisotopic (exact) mass is 373 g/mol. The number of fused-ring (bicyclic) bond motifs is 1. The molecule has 6 heteroatoms. The van der Waals surface area contributed by atoms with Crippen molar-refractivity contribution in [1.29, 1.82) is 0 Å². The number of carboxylic acids is 1. The highest BCUT2D eigenvalue weighted by atomic mass is 32.2. The molecule has 0 radical (unpaired) electrons. The van der Waals surface area contributed by atoms with Gasteiger partial charge in [-0.05, 0) is 35.4 Å². The number of nitrogens with zero attached hydrogens (tertiary/aromatic N) is 1. The van der Waals surface area contributed by atoms with Gasteiger partial charge in [0.1, 0.15) is 5.75 Å². The molecule has 1 heterocycles. The molecule has 26 heavy (non-hydrogen) atoms. The number of methoxy groups -OCH3 is 1. The second kappa shape index (κ2) is 7.99. The van der Waals surface area contributed by atoms with E-state index in [1.165, 1.54) is 0 Å². The molecule has 0 aromatic heterocycles. The molecular weight excluding hydrogens is 350 g/mol. The first kappa shape index (κ1) is 18.6. The molecule has 1 saturated heterocycles. The average molecular weight is 373 g/mol. The number of carbonyl (C=O) groups excluding carboxylic acids is 1. The Hall–Kier alpha value is -2.21. The highest BCUT2D eigenvalue weighted by Crippen LogP contribution is 2.28. The fourth-order valence-corrected chi connectivity index (χ4v) is 4.41. The standard InChI is InChI=1S/C20H23NO4S/c1-13(20(24)21-7-8-26-12-17(21)11-19(22)23)14-3-4-16-10-18(25-2)6-5-15(16)9-14/h3-6,9-10,13,17H,7-8,11-12H2,1-2H3,(H,22,23)/t13-,17?/m0/s1. The molecule has 1 unspecified atom stereocenters. The molecule has 1 fully saturated rings. The van der Waals surface area contributed by atoms with Crippen molar-refractivity contribution in [1.82, 2.24) is 4.90 Å². The van der Waals surface area contributed by atoms with Crippen LogP contribution in [0.5, 0.6) is 5.75 Å². The number of rotatable bonds is 5. The average Bonchev–Trinajstić information content (AvgIpc) is 2.66. The number of ether oxygens (including phenoxy) is 1. The molecule has 1 amide bonds. The molecular formula is C20H23NO4S. The minimum absolute atomic E-state index is 0.00295. The molecule has 0 aliphatic carbocycles. The van der Waals surface area contributed by atoms with Crippen molar-refractivity contribution in [3.05, 3.63) is 42.0 Å². The van der Waals surface area contributed by atoms with Crippen LogP contribution in [0.1, 0.15) is 24.8 Å². The fraction of sp³-hybridized carbons (Fsp3) is 0.400. The minimum atomic E-state index is -0.859.